The highest BCUT2D eigenvalue weighted by Gasteiger charge is 2.38. The molecule has 4 unspecified atom stereocenters. The topological polar surface area (TPSA) is 0 Å². The maximum atomic E-state index is 2.38. The molecule has 2 aliphatic rings. The van der Waals surface area contributed by atoms with Crippen molar-refractivity contribution in [3.63, 3.8) is 0 Å². The summed E-state index contributed by atoms with van der Waals surface area (Å²) in [7, 11) is 1.33. The predicted octanol–water partition coefficient (Wildman–Crippen LogP) is 3.80. The number of fused-ring (bicyclic) bond motifs is 1. The normalized spacial score (nSPS) is 44.2. The Balaban J connectivity index is 1.86. The Labute approximate surface area is 78.3 Å². The maximum Gasteiger partial charge on any atom is -0.0200 e. The van der Waals surface area contributed by atoms with Gasteiger partial charge in [0, 0.05) is 0 Å². The highest BCUT2D eigenvalue weighted by atomic mass is 31.1. The minimum absolute atomic E-state index is 1.15. The van der Waals surface area contributed by atoms with Gasteiger partial charge in [-0.3, -0.25) is 0 Å². The first-order chi connectivity index (χ1) is 5.92. The van der Waals surface area contributed by atoms with E-state index >= 15 is 0 Å². The zero-order valence-corrected chi connectivity index (χ0v) is 9.18. The van der Waals surface area contributed by atoms with E-state index in [1.165, 1.54) is 46.3 Å². The first-order valence-electron chi connectivity index (χ1n) is 5.68. The van der Waals surface area contributed by atoms with Crippen LogP contribution < -0.4 is 0 Å². The quantitative estimate of drug-likeness (QED) is 0.544. The Morgan fingerprint density at radius 2 is 1.83 bits per heavy atom. The molecule has 0 aromatic heterocycles. The van der Waals surface area contributed by atoms with Crippen molar-refractivity contribution < 1.29 is 0 Å². The molecule has 1 heterocycles. The summed E-state index contributed by atoms with van der Waals surface area (Å²) in [6, 6.07) is 0. The average Bonchev–Trinajstić information content (AvgIpc) is 2.04. The molecule has 12 heavy (non-hydrogen) atoms. The molecule has 0 aromatic carbocycles. The van der Waals surface area contributed by atoms with Gasteiger partial charge >= 0.3 is 0 Å². The first-order valence-corrected chi connectivity index (χ1v) is 6.83. The van der Waals surface area contributed by atoms with E-state index in [1.54, 1.807) is 12.8 Å². The fraction of sp³-hybridized carbons (Fsp3) is 1.00. The van der Waals surface area contributed by atoms with Crippen molar-refractivity contribution in [1.82, 2.24) is 0 Å². The summed E-state index contributed by atoms with van der Waals surface area (Å²) < 4.78 is 0. The van der Waals surface area contributed by atoms with Crippen LogP contribution >= 0.6 is 8.58 Å². The van der Waals surface area contributed by atoms with Crippen LogP contribution in [0.3, 0.4) is 0 Å². The van der Waals surface area contributed by atoms with Gasteiger partial charge in [-0.05, 0) is 36.5 Å². The third-order valence-corrected chi connectivity index (χ3v) is 6.11. The van der Waals surface area contributed by atoms with Gasteiger partial charge in [0.25, 0.3) is 0 Å². The van der Waals surface area contributed by atoms with E-state index in [0.717, 1.165) is 11.6 Å². The second-order valence-corrected chi connectivity index (χ2v) is 6.26. The lowest BCUT2D eigenvalue weighted by atomic mass is 9.86. The van der Waals surface area contributed by atoms with Crippen molar-refractivity contribution in [2.45, 2.75) is 63.2 Å². The van der Waals surface area contributed by atoms with Gasteiger partial charge in [0.05, 0.1) is 0 Å². The van der Waals surface area contributed by atoms with Crippen molar-refractivity contribution in [3.05, 3.63) is 0 Å². The molecule has 4 atom stereocenters. The summed E-state index contributed by atoms with van der Waals surface area (Å²) in [4.78, 5) is 0. The van der Waals surface area contributed by atoms with Crippen molar-refractivity contribution >= 4 is 8.58 Å². The van der Waals surface area contributed by atoms with Crippen molar-refractivity contribution in [2.24, 2.45) is 5.92 Å². The standard InChI is InChI=1S/C11H21P/c1-2-10-9-7-5-3-4-6-8-11(9)12-10/h9-12H,2-8H2,1H3. The molecule has 0 radical (unpaired) electrons. The van der Waals surface area contributed by atoms with Crippen LogP contribution in [0.5, 0.6) is 0 Å². The van der Waals surface area contributed by atoms with Gasteiger partial charge in [0.1, 0.15) is 0 Å². The van der Waals surface area contributed by atoms with Gasteiger partial charge in [-0.15, -0.1) is 8.58 Å². The summed E-state index contributed by atoms with van der Waals surface area (Å²) in [5.74, 6) is 1.16. The Kier molecular flexibility index (Phi) is 3.07. The van der Waals surface area contributed by atoms with Gasteiger partial charge < -0.3 is 0 Å². The lowest BCUT2D eigenvalue weighted by Gasteiger charge is -2.46. The van der Waals surface area contributed by atoms with Crippen LogP contribution in [0.25, 0.3) is 0 Å². The fourth-order valence-corrected chi connectivity index (χ4v) is 5.02. The number of hydrogen-bond donors (Lipinski definition) is 0. The van der Waals surface area contributed by atoms with Gasteiger partial charge in [0.15, 0.2) is 0 Å². The molecule has 0 aromatic rings. The smallest absolute Gasteiger partial charge is 0.0200 e. The second kappa shape index (κ2) is 4.09. The van der Waals surface area contributed by atoms with E-state index in [-0.39, 0.29) is 0 Å². The summed E-state index contributed by atoms with van der Waals surface area (Å²) >= 11 is 0. The molecule has 0 N–H and O–H groups in total. The van der Waals surface area contributed by atoms with Crippen LogP contribution in [-0.4, -0.2) is 11.3 Å². The molecule has 0 nitrogen and oxygen atoms in total. The average molecular weight is 184 g/mol. The molecule has 0 bridgehead atoms. The zero-order chi connectivity index (χ0) is 8.39. The summed E-state index contributed by atoms with van der Waals surface area (Å²) in [5.41, 5.74) is 2.32. The molecule has 0 spiro atoms. The number of hydrogen-bond acceptors (Lipinski definition) is 0. The van der Waals surface area contributed by atoms with Crippen molar-refractivity contribution in [1.29, 1.82) is 0 Å². The minimum atomic E-state index is 1.15. The first kappa shape index (κ1) is 9.00. The Hall–Kier alpha value is 0.430. The molecule has 70 valence electrons. The Bertz CT molecular complexity index is 142. The monoisotopic (exact) mass is 184 g/mol. The van der Waals surface area contributed by atoms with Crippen LogP contribution in [0, 0.1) is 5.92 Å². The van der Waals surface area contributed by atoms with E-state index in [4.69, 9.17) is 0 Å². The second-order valence-electron chi connectivity index (χ2n) is 4.44. The van der Waals surface area contributed by atoms with Gasteiger partial charge in [-0.2, -0.15) is 0 Å². The zero-order valence-electron chi connectivity index (χ0n) is 8.18. The van der Waals surface area contributed by atoms with Crippen LogP contribution in [0.1, 0.15) is 51.9 Å². The van der Waals surface area contributed by atoms with Crippen LogP contribution in [-0.2, 0) is 0 Å². The molecule has 1 saturated heterocycles. The molecule has 1 saturated carbocycles. The van der Waals surface area contributed by atoms with E-state index < -0.39 is 0 Å². The number of rotatable bonds is 1. The fourth-order valence-electron chi connectivity index (χ4n) is 2.90. The Morgan fingerprint density at radius 1 is 1.08 bits per heavy atom. The molecule has 1 aliphatic heterocycles. The predicted molar refractivity (Wildman–Crippen MR) is 57.4 cm³/mol. The maximum absolute atomic E-state index is 2.38. The molecular weight excluding hydrogens is 163 g/mol. The van der Waals surface area contributed by atoms with Crippen molar-refractivity contribution in [3.8, 4) is 0 Å². The van der Waals surface area contributed by atoms with Crippen LogP contribution in [0.4, 0.5) is 0 Å². The Morgan fingerprint density at radius 3 is 2.58 bits per heavy atom. The summed E-state index contributed by atoms with van der Waals surface area (Å²) in [6.45, 7) is 2.38. The molecule has 0 amide bonds. The lowest BCUT2D eigenvalue weighted by molar-refractivity contribution is 0.337. The van der Waals surface area contributed by atoms with Crippen molar-refractivity contribution in [2.75, 3.05) is 0 Å². The third kappa shape index (κ3) is 1.69. The van der Waals surface area contributed by atoms with Crippen LogP contribution in [0.15, 0.2) is 0 Å². The highest BCUT2D eigenvalue weighted by Crippen LogP contribution is 2.54. The molecule has 1 aliphatic carbocycles. The molecule has 2 fully saturated rings. The lowest BCUT2D eigenvalue weighted by Crippen LogP contribution is -2.38. The molecule has 2 rings (SSSR count). The summed E-state index contributed by atoms with van der Waals surface area (Å²) in [5, 5.41) is 0. The third-order valence-electron chi connectivity index (χ3n) is 3.70. The van der Waals surface area contributed by atoms with Gasteiger partial charge in [-0.1, -0.05) is 32.6 Å². The van der Waals surface area contributed by atoms with Gasteiger partial charge in [-0.25, -0.2) is 0 Å². The van der Waals surface area contributed by atoms with Gasteiger partial charge in [0.2, 0.25) is 0 Å². The van der Waals surface area contributed by atoms with Crippen LogP contribution in [0.2, 0.25) is 0 Å². The summed E-state index contributed by atoms with van der Waals surface area (Å²) in [6.07, 6.45) is 10.7. The SMILES string of the molecule is CCC1PC2CCCCCCC12. The molecule has 1 heteroatoms. The minimum Gasteiger partial charge on any atom is -0.115 e. The van der Waals surface area contributed by atoms with E-state index in [0.29, 0.717) is 0 Å². The highest BCUT2D eigenvalue weighted by molar-refractivity contribution is 7.41. The molecular formula is C11H21P. The van der Waals surface area contributed by atoms with E-state index in [9.17, 15) is 0 Å². The van der Waals surface area contributed by atoms with E-state index in [1.807, 2.05) is 0 Å². The van der Waals surface area contributed by atoms with E-state index in [2.05, 4.69) is 6.92 Å². The largest absolute Gasteiger partial charge is 0.115 e.